The minimum absolute atomic E-state index is 0.00722. The summed E-state index contributed by atoms with van der Waals surface area (Å²) in [4.78, 5) is 21.3. The number of aromatic carboxylic acids is 1. The van der Waals surface area contributed by atoms with Gasteiger partial charge >= 0.3 is 5.97 Å². The number of hydrogen-bond acceptors (Lipinski definition) is 4. The molecule has 0 saturated heterocycles. The van der Waals surface area contributed by atoms with E-state index in [1.165, 1.54) is 25.1 Å². The Labute approximate surface area is 118 Å². The summed E-state index contributed by atoms with van der Waals surface area (Å²) >= 11 is 0. The van der Waals surface area contributed by atoms with Crippen LogP contribution in [0.5, 0.6) is 11.5 Å². The van der Waals surface area contributed by atoms with E-state index in [0.717, 1.165) is 18.2 Å². The van der Waals surface area contributed by atoms with Gasteiger partial charge in [0.2, 0.25) is 0 Å². The second kappa shape index (κ2) is 5.58. The van der Waals surface area contributed by atoms with Crippen molar-refractivity contribution in [3.63, 3.8) is 0 Å². The second-order valence-electron chi connectivity index (χ2n) is 4.24. The summed E-state index contributed by atoms with van der Waals surface area (Å²) in [6.45, 7) is 1.43. The number of nitrogens with zero attached hydrogens (tertiary/aromatic N) is 1. The molecule has 0 saturated carbocycles. The van der Waals surface area contributed by atoms with Crippen LogP contribution in [0.3, 0.4) is 0 Å². The SMILES string of the molecule is Cc1c(Oc2cccc(F)c2)cc(C(=O)O)cc1[N+](=O)[O-]. The quantitative estimate of drug-likeness (QED) is 0.687. The monoisotopic (exact) mass is 291 g/mol. The van der Waals surface area contributed by atoms with Gasteiger partial charge in [-0.25, -0.2) is 9.18 Å². The van der Waals surface area contributed by atoms with E-state index in [4.69, 9.17) is 9.84 Å². The maximum atomic E-state index is 13.1. The number of carboxylic acids is 1. The molecule has 0 unspecified atom stereocenters. The molecule has 0 atom stereocenters. The van der Waals surface area contributed by atoms with Crippen LogP contribution in [0.15, 0.2) is 36.4 Å². The van der Waals surface area contributed by atoms with Crippen LogP contribution in [-0.4, -0.2) is 16.0 Å². The van der Waals surface area contributed by atoms with E-state index in [-0.39, 0.29) is 28.3 Å². The molecule has 0 aliphatic rings. The Balaban J connectivity index is 2.51. The lowest BCUT2D eigenvalue weighted by molar-refractivity contribution is -0.385. The van der Waals surface area contributed by atoms with Gasteiger partial charge in [0.15, 0.2) is 0 Å². The molecule has 6 nitrogen and oxygen atoms in total. The average molecular weight is 291 g/mol. The highest BCUT2D eigenvalue weighted by atomic mass is 19.1. The maximum Gasteiger partial charge on any atom is 0.336 e. The van der Waals surface area contributed by atoms with Gasteiger partial charge in [-0.1, -0.05) is 6.07 Å². The molecular weight excluding hydrogens is 281 g/mol. The third-order valence-corrected chi connectivity index (χ3v) is 2.80. The van der Waals surface area contributed by atoms with E-state index < -0.39 is 16.7 Å². The highest BCUT2D eigenvalue weighted by Gasteiger charge is 2.20. The predicted molar refractivity (Wildman–Crippen MR) is 71.3 cm³/mol. The van der Waals surface area contributed by atoms with Crippen LogP contribution in [0.25, 0.3) is 0 Å². The lowest BCUT2D eigenvalue weighted by Gasteiger charge is -2.10. The number of nitro benzene ring substituents is 1. The number of rotatable bonds is 4. The minimum Gasteiger partial charge on any atom is -0.478 e. The minimum atomic E-state index is -1.32. The number of nitro groups is 1. The van der Waals surface area contributed by atoms with Crippen LogP contribution >= 0.6 is 0 Å². The number of carboxylic acid groups (broad SMARTS) is 1. The first-order valence-electron chi connectivity index (χ1n) is 5.84. The highest BCUT2D eigenvalue weighted by molar-refractivity contribution is 5.89. The number of benzene rings is 2. The largest absolute Gasteiger partial charge is 0.478 e. The molecule has 2 aromatic rings. The molecule has 0 aliphatic heterocycles. The maximum absolute atomic E-state index is 13.1. The summed E-state index contributed by atoms with van der Waals surface area (Å²) in [6.07, 6.45) is 0. The van der Waals surface area contributed by atoms with Gasteiger partial charge in [-0.2, -0.15) is 0 Å². The molecule has 0 spiro atoms. The van der Waals surface area contributed by atoms with E-state index in [1.807, 2.05) is 0 Å². The molecule has 2 rings (SSSR count). The molecule has 21 heavy (non-hydrogen) atoms. The number of halogens is 1. The summed E-state index contributed by atoms with van der Waals surface area (Å²) in [6, 6.07) is 7.30. The first-order valence-corrected chi connectivity index (χ1v) is 5.84. The summed E-state index contributed by atoms with van der Waals surface area (Å²) in [5.74, 6) is -1.74. The third-order valence-electron chi connectivity index (χ3n) is 2.80. The molecule has 0 radical (unpaired) electrons. The van der Waals surface area contributed by atoms with Crippen LogP contribution in [0.4, 0.5) is 10.1 Å². The van der Waals surface area contributed by atoms with Gasteiger partial charge in [-0.05, 0) is 25.1 Å². The standard InChI is InChI=1S/C14H10FNO5/c1-8-12(16(19)20)5-9(14(17)18)6-13(8)21-11-4-2-3-10(15)7-11/h2-7H,1H3,(H,17,18). The van der Waals surface area contributed by atoms with Gasteiger partial charge < -0.3 is 9.84 Å². The number of ether oxygens (including phenoxy) is 1. The van der Waals surface area contributed by atoms with Crippen molar-refractivity contribution in [2.75, 3.05) is 0 Å². The molecule has 108 valence electrons. The van der Waals surface area contributed by atoms with Crippen LogP contribution in [0.1, 0.15) is 15.9 Å². The van der Waals surface area contributed by atoms with Crippen LogP contribution in [-0.2, 0) is 0 Å². The zero-order chi connectivity index (χ0) is 15.6. The molecule has 0 amide bonds. The van der Waals surface area contributed by atoms with E-state index in [2.05, 4.69) is 0 Å². The van der Waals surface area contributed by atoms with Crippen molar-refractivity contribution >= 4 is 11.7 Å². The molecule has 7 heteroatoms. The fourth-order valence-corrected chi connectivity index (χ4v) is 1.75. The summed E-state index contributed by atoms with van der Waals surface area (Å²) in [5, 5.41) is 19.9. The molecule has 0 bridgehead atoms. The van der Waals surface area contributed by atoms with Crippen LogP contribution in [0, 0.1) is 22.9 Å². The normalized spacial score (nSPS) is 10.2. The Kier molecular flexibility index (Phi) is 3.84. The van der Waals surface area contributed by atoms with Crippen LogP contribution < -0.4 is 4.74 Å². The van der Waals surface area contributed by atoms with Gasteiger partial charge in [0, 0.05) is 12.1 Å². The van der Waals surface area contributed by atoms with Crippen molar-refractivity contribution in [1.29, 1.82) is 0 Å². The van der Waals surface area contributed by atoms with Gasteiger partial charge in [0.25, 0.3) is 5.69 Å². The van der Waals surface area contributed by atoms with Crippen LogP contribution in [0.2, 0.25) is 0 Å². The van der Waals surface area contributed by atoms with Gasteiger partial charge in [-0.3, -0.25) is 10.1 Å². The Morgan fingerprint density at radius 3 is 2.62 bits per heavy atom. The van der Waals surface area contributed by atoms with E-state index in [9.17, 15) is 19.3 Å². The summed E-state index contributed by atoms with van der Waals surface area (Å²) < 4.78 is 18.5. The molecule has 1 N–H and O–H groups in total. The van der Waals surface area contributed by atoms with Crippen molar-refractivity contribution < 1.29 is 24.0 Å². The molecule has 0 heterocycles. The molecular formula is C14H10FNO5. The first kappa shape index (κ1) is 14.4. The van der Waals surface area contributed by atoms with Crippen molar-refractivity contribution in [2.24, 2.45) is 0 Å². The van der Waals surface area contributed by atoms with Gasteiger partial charge in [0.1, 0.15) is 17.3 Å². The summed E-state index contributed by atoms with van der Waals surface area (Å²) in [5.41, 5.74) is -0.491. The molecule has 0 fully saturated rings. The molecule has 0 aromatic heterocycles. The summed E-state index contributed by atoms with van der Waals surface area (Å²) in [7, 11) is 0. The lowest BCUT2D eigenvalue weighted by atomic mass is 10.1. The fourth-order valence-electron chi connectivity index (χ4n) is 1.75. The third kappa shape index (κ3) is 3.14. The highest BCUT2D eigenvalue weighted by Crippen LogP contribution is 2.33. The number of hydrogen-bond donors (Lipinski definition) is 1. The second-order valence-corrected chi connectivity index (χ2v) is 4.24. The average Bonchev–Trinajstić information content (AvgIpc) is 2.40. The first-order chi connectivity index (χ1) is 9.88. The smallest absolute Gasteiger partial charge is 0.336 e. The Morgan fingerprint density at radius 1 is 1.33 bits per heavy atom. The topological polar surface area (TPSA) is 89.7 Å². The molecule has 2 aromatic carbocycles. The van der Waals surface area contributed by atoms with Crippen molar-refractivity contribution in [2.45, 2.75) is 6.92 Å². The predicted octanol–water partition coefficient (Wildman–Crippen LogP) is 3.53. The Hall–Kier alpha value is -2.96. The zero-order valence-corrected chi connectivity index (χ0v) is 10.9. The van der Waals surface area contributed by atoms with E-state index >= 15 is 0 Å². The van der Waals surface area contributed by atoms with Gasteiger partial charge in [-0.15, -0.1) is 0 Å². The fraction of sp³-hybridized carbons (Fsp3) is 0.0714. The van der Waals surface area contributed by atoms with E-state index in [1.54, 1.807) is 0 Å². The Morgan fingerprint density at radius 2 is 2.05 bits per heavy atom. The van der Waals surface area contributed by atoms with Gasteiger partial charge in [0.05, 0.1) is 16.1 Å². The van der Waals surface area contributed by atoms with Crippen molar-refractivity contribution in [1.82, 2.24) is 0 Å². The lowest BCUT2D eigenvalue weighted by Crippen LogP contribution is -2.02. The number of carbonyl (C=O) groups is 1. The van der Waals surface area contributed by atoms with E-state index in [0.29, 0.717) is 0 Å². The molecule has 0 aliphatic carbocycles. The Bertz CT molecular complexity index is 729. The van der Waals surface area contributed by atoms with Crippen molar-refractivity contribution in [3.05, 3.63) is 63.5 Å². The van der Waals surface area contributed by atoms with Crippen molar-refractivity contribution in [3.8, 4) is 11.5 Å². The zero-order valence-electron chi connectivity index (χ0n) is 10.9.